The summed E-state index contributed by atoms with van der Waals surface area (Å²) in [7, 11) is 0. The van der Waals surface area contributed by atoms with Crippen molar-refractivity contribution in [3.05, 3.63) is 29.8 Å². The SMILES string of the molecule is Oc1ccccc1[C@@H](C1CCOCC1)N1CCNCC1. The van der Waals surface area contributed by atoms with E-state index in [0.29, 0.717) is 17.7 Å². The molecule has 0 saturated carbocycles. The highest BCUT2D eigenvalue weighted by Gasteiger charge is 2.32. The van der Waals surface area contributed by atoms with Crippen LogP contribution >= 0.6 is 0 Å². The Morgan fingerprint density at radius 2 is 1.85 bits per heavy atom. The van der Waals surface area contributed by atoms with Crippen LogP contribution in [0.2, 0.25) is 0 Å². The monoisotopic (exact) mass is 276 g/mol. The number of para-hydroxylation sites is 1. The molecule has 3 rings (SSSR count). The summed E-state index contributed by atoms with van der Waals surface area (Å²) in [6.07, 6.45) is 2.17. The molecule has 2 aliphatic heterocycles. The molecule has 0 bridgehead atoms. The Morgan fingerprint density at radius 3 is 2.55 bits per heavy atom. The first-order valence-electron chi connectivity index (χ1n) is 7.66. The minimum Gasteiger partial charge on any atom is -0.508 e. The van der Waals surface area contributed by atoms with E-state index in [1.165, 1.54) is 0 Å². The normalized spacial score (nSPS) is 23.6. The van der Waals surface area contributed by atoms with Gasteiger partial charge in [-0.2, -0.15) is 0 Å². The van der Waals surface area contributed by atoms with Crippen LogP contribution < -0.4 is 5.32 Å². The molecular weight excluding hydrogens is 252 g/mol. The molecule has 110 valence electrons. The van der Waals surface area contributed by atoms with Gasteiger partial charge in [0, 0.05) is 51.0 Å². The number of hydrogen-bond acceptors (Lipinski definition) is 4. The largest absolute Gasteiger partial charge is 0.508 e. The second-order valence-corrected chi connectivity index (χ2v) is 5.74. The van der Waals surface area contributed by atoms with Crippen LogP contribution in [0.3, 0.4) is 0 Å². The summed E-state index contributed by atoms with van der Waals surface area (Å²) in [6.45, 7) is 5.87. The zero-order valence-corrected chi connectivity index (χ0v) is 11.9. The van der Waals surface area contributed by atoms with Gasteiger partial charge in [0.1, 0.15) is 5.75 Å². The van der Waals surface area contributed by atoms with Gasteiger partial charge in [-0.25, -0.2) is 0 Å². The highest BCUT2D eigenvalue weighted by molar-refractivity contribution is 5.35. The predicted molar refractivity (Wildman–Crippen MR) is 78.8 cm³/mol. The van der Waals surface area contributed by atoms with E-state index in [1.54, 1.807) is 0 Å². The fourth-order valence-electron chi connectivity index (χ4n) is 3.48. The highest BCUT2D eigenvalue weighted by Crippen LogP contribution is 2.38. The zero-order valence-electron chi connectivity index (χ0n) is 11.9. The molecule has 0 aliphatic carbocycles. The lowest BCUT2D eigenvalue weighted by Gasteiger charge is -2.41. The first-order valence-corrected chi connectivity index (χ1v) is 7.66. The van der Waals surface area contributed by atoms with Crippen LogP contribution in [-0.4, -0.2) is 49.4 Å². The second-order valence-electron chi connectivity index (χ2n) is 5.74. The summed E-state index contributed by atoms with van der Waals surface area (Å²) in [5.74, 6) is 1.01. The number of nitrogens with one attached hydrogen (secondary N) is 1. The first kappa shape index (κ1) is 13.9. The Kier molecular flexibility index (Phi) is 4.55. The van der Waals surface area contributed by atoms with E-state index >= 15 is 0 Å². The number of phenolic OH excluding ortho intramolecular Hbond substituents is 1. The van der Waals surface area contributed by atoms with Crippen LogP contribution in [0.25, 0.3) is 0 Å². The minimum absolute atomic E-state index is 0.321. The summed E-state index contributed by atoms with van der Waals surface area (Å²) < 4.78 is 5.51. The summed E-state index contributed by atoms with van der Waals surface area (Å²) in [6, 6.07) is 8.14. The molecule has 2 fully saturated rings. The number of benzene rings is 1. The number of aromatic hydroxyl groups is 1. The van der Waals surface area contributed by atoms with Gasteiger partial charge in [0.05, 0.1) is 0 Å². The summed E-state index contributed by atoms with van der Waals surface area (Å²) in [5.41, 5.74) is 1.08. The van der Waals surface area contributed by atoms with E-state index < -0.39 is 0 Å². The molecule has 0 unspecified atom stereocenters. The van der Waals surface area contributed by atoms with Crippen molar-refractivity contribution in [1.82, 2.24) is 10.2 Å². The van der Waals surface area contributed by atoms with Crippen LogP contribution in [0.5, 0.6) is 5.75 Å². The molecule has 1 aromatic rings. The summed E-state index contributed by atoms with van der Waals surface area (Å²) in [4.78, 5) is 2.53. The molecule has 0 spiro atoms. The fourth-order valence-corrected chi connectivity index (χ4v) is 3.48. The van der Waals surface area contributed by atoms with Crippen LogP contribution in [0.1, 0.15) is 24.4 Å². The van der Waals surface area contributed by atoms with Gasteiger partial charge >= 0.3 is 0 Å². The second kappa shape index (κ2) is 6.57. The zero-order chi connectivity index (χ0) is 13.8. The molecular formula is C16H24N2O2. The number of nitrogens with zero attached hydrogens (tertiary/aromatic N) is 1. The first-order chi connectivity index (χ1) is 9.86. The third kappa shape index (κ3) is 2.97. The van der Waals surface area contributed by atoms with Gasteiger partial charge in [0.15, 0.2) is 0 Å². The Morgan fingerprint density at radius 1 is 1.15 bits per heavy atom. The van der Waals surface area contributed by atoms with E-state index in [4.69, 9.17) is 4.74 Å². The Hall–Kier alpha value is -1.10. The van der Waals surface area contributed by atoms with Gasteiger partial charge < -0.3 is 15.2 Å². The Balaban J connectivity index is 1.87. The summed E-state index contributed by atoms with van der Waals surface area (Å²) >= 11 is 0. The van der Waals surface area contributed by atoms with Crippen molar-refractivity contribution in [3.63, 3.8) is 0 Å². The maximum absolute atomic E-state index is 10.3. The van der Waals surface area contributed by atoms with E-state index in [1.807, 2.05) is 18.2 Å². The highest BCUT2D eigenvalue weighted by atomic mass is 16.5. The van der Waals surface area contributed by atoms with Crippen molar-refractivity contribution >= 4 is 0 Å². The Bertz CT molecular complexity index is 408. The van der Waals surface area contributed by atoms with Crippen molar-refractivity contribution in [2.45, 2.75) is 18.9 Å². The maximum Gasteiger partial charge on any atom is 0.120 e. The topological polar surface area (TPSA) is 44.7 Å². The molecule has 2 heterocycles. The molecule has 4 heteroatoms. The molecule has 0 amide bonds. The molecule has 1 aromatic carbocycles. The van der Waals surface area contributed by atoms with E-state index in [9.17, 15) is 5.11 Å². The van der Waals surface area contributed by atoms with E-state index in [0.717, 1.165) is 57.8 Å². The third-order valence-electron chi connectivity index (χ3n) is 4.51. The standard InChI is InChI=1S/C16H24N2O2/c19-15-4-2-1-3-14(15)16(13-5-11-20-12-6-13)18-9-7-17-8-10-18/h1-4,13,16-17,19H,5-12H2/t16-/m1/s1. The fraction of sp³-hybridized carbons (Fsp3) is 0.625. The number of ether oxygens (including phenoxy) is 1. The van der Waals surface area contributed by atoms with Gasteiger partial charge in [-0.05, 0) is 24.8 Å². The van der Waals surface area contributed by atoms with Gasteiger partial charge in [-0.15, -0.1) is 0 Å². The number of rotatable bonds is 3. The van der Waals surface area contributed by atoms with Crippen molar-refractivity contribution in [3.8, 4) is 5.75 Å². The van der Waals surface area contributed by atoms with Crippen LogP contribution in [0, 0.1) is 5.92 Å². The molecule has 2 saturated heterocycles. The molecule has 0 radical (unpaired) electrons. The average Bonchev–Trinajstić information content (AvgIpc) is 2.52. The summed E-state index contributed by atoms with van der Waals surface area (Å²) in [5, 5.41) is 13.7. The number of hydrogen-bond donors (Lipinski definition) is 2. The quantitative estimate of drug-likeness (QED) is 0.883. The molecule has 0 aromatic heterocycles. The molecule has 4 nitrogen and oxygen atoms in total. The van der Waals surface area contributed by atoms with Crippen molar-refractivity contribution in [1.29, 1.82) is 0 Å². The lowest BCUT2D eigenvalue weighted by atomic mass is 9.85. The van der Waals surface area contributed by atoms with Crippen LogP contribution in [0.4, 0.5) is 0 Å². The van der Waals surface area contributed by atoms with Crippen LogP contribution in [-0.2, 0) is 4.74 Å². The number of piperazine rings is 1. The third-order valence-corrected chi connectivity index (χ3v) is 4.51. The lowest BCUT2D eigenvalue weighted by molar-refractivity contribution is 0.0206. The Labute approximate surface area is 120 Å². The van der Waals surface area contributed by atoms with Crippen molar-refractivity contribution < 1.29 is 9.84 Å². The van der Waals surface area contributed by atoms with Gasteiger partial charge in [-0.1, -0.05) is 18.2 Å². The van der Waals surface area contributed by atoms with Crippen molar-refractivity contribution in [2.24, 2.45) is 5.92 Å². The van der Waals surface area contributed by atoms with Gasteiger partial charge in [0.25, 0.3) is 0 Å². The smallest absolute Gasteiger partial charge is 0.120 e. The maximum atomic E-state index is 10.3. The molecule has 2 N–H and O–H groups in total. The lowest BCUT2D eigenvalue weighted by Crippen LogP contribution is -2.47. The molecule has 20 heavy (non-hydrogen) atoms. The van der Waals surface area contributed by atoms with Gasteiger partial charge in [0.2, 0.25) is 0 Å². The average molecular weight is 276 g/mol. The van der Waals surface area contributed by atoms with Crippen molar-refractivity contribution in [2.75, 3.05) is 39.4 Å². The predicted octanol–water partition coefficient (Wildman–Crippen LogP) is 1.77. The van der Waals surface area contributed by atoms with Gasteiger partial charge in [-0.3, -0.25) is 4.90 Å². The number of phenols is 1. The van der Waals surface area contributed by atoms with Crippen LogP contribution in [0.15, 0.2) is 24.3 Å². The van der Waals surface area contributed by atoms with E-state index in [2.05, 4.69) is 16.3 Å². The van der Waals surface area contributed by atoms with E-state index in [-0.39, 0.29) is 0 Å². The molecule has 2 aliphatic rings. The minimum atomic E-state index is 0.321. The molecule has 1 atom stereocenters.